The molecule has 21 heavy (non-hydrogen) atoms. The first kappa shape index (κ1) is 11.6. The number of H-pyrrole nitrogens is 1. The smallest absolute Gasteiger partial charge is 0.0760 e. The fraction of sp³-hybridized carbons (Fsp3) is 0.263. The summed E-state index contributed by atoms with van der Waals surface area (Å²) in [5, 5.41) is 1.41. The van der Waals surface area contributed by atoms with E-state index in [9.17, 15) is 0 Å². The van der Waals surface area contributed by atoms with Gasteiger partial charge in [0.25, 0.3) is 0 Å². The molecule has 2 aliphatic rings. The Hall–Kier alpha value is -2.06. The number of hydrogen-bond donors (Lipinski definition) is 1. The molecule has 2 aliphatic heterocycles. The Morgan fingerprint density at radius 2 is 1.71 bits per heavy atom. The van der Waals surface area contributed by atoms with Crippen molar-refractivity contribution in [2.75, 3.05) is 13.1 Å². The zero-order valence-corrected chi connectivity index (χ0v) is 12.0. The van der Waals surface area contributed by atoms with E-state index in [2.05, 4.69) is 58.4 Å². The van der Waals surface area contributed by atoms with Gasteiger partial charge in [0, 0.05) is 29.7 Å². The van der Waals surface area contributed by atoms with E-state index < -0.39 is 0 Å². The van der Waals surface area contributed by atoms with Gasteiger partial charge in [0.1, 0.15) is 0 Å². The molecule has 1 N–H and O–H groups in total. The SMILES string of the molecule is c1ccc2c(c1)CCN1CCc3c([nH]c4ccccc34)[C@@H]21. The van der Waals surface area contributed by atoms with Crippen molar-refractivity contribution in [1.82, 2.24) is 9.88 Å². The summed E-state index contributed by atoms with van der Waals surface area (Å²) in [4.78, 5) is 6.35. The van der Waals surface area contributed by atoms with Gasteiger partial charge in [0.2, 0.25) is 0 Å². The predicted octanol–water partition coefficient (Wildman–Crippen LogP) is 3.67. The van der Waals surface area contributed by atoms with Crippen LogP contribution in [-0.4, -0.2) is 23.0 Å². The number of nitrogens with one attached hydrogen (secondary N) is 1. The van der Waals surface area contributed by atoms with Gasteiger partial charge < -0.3 is 4.98 Å². The number of benzene rings is 2. The first-order valence-corrected chi connectivity index (χ1v) is 7.83. The Labute approximate surface area is 124 Å². The normalized spacial score (nSPS) is 20.9. The fourth-order valence-electron chi connectivity index (χ4n) is 4.18. The summed E-state index contributed by atoms with van der Waals surface area (Å²) in [6.07, 6.45) is 2.35. The first-order valence-electron chi connectivity index (χ1n) is 7.83. The average Bonchev–Trinajstić information content (AvgIpc) is 2.93. The number of nitrogens with zero attached hydrogens (tertiary/aromatic N) is 1. The summed E-state index contributed by atoms with van der Waals surface area (Å²) in [5.74, 6) is 0. The molecule has 0 spiro atoms. The van der Waals surface area contributed by atoms with Crippen molar-refractivity contribution in [3.8, 4) is 0 Å². The Morgan fingerprint density at radius 3 is 2.71 bits per heavy atom. The lowest BCUT2D eigenvalue weighted by Gasteiger charge is -2.40. The second kappa shape index (κ2) is 4.22. The molecule has 1 atom stereocenters. The molecule has 2 heteroatoms. The number of fused-ring (bicyclic) bond motifs is 7. The van der Waals surface area contributed by atoms with Crippen molar-refractivity contribution in [2.24, 2.45) is 0 Å². The standard InChI is InChI=1S/C19H18N2/c1-2-6-14-13(5-1)9-11-21-12-10-16-15-7-3-4-8-17(15)20-18(16)19(14)21/h1-8,19-20H,9-12H2/t19-/m1/s1. The highest BCUT2D eigenvalue weighted by molar-refractivity contribution is 5.85. The molecule has 0 aliphatic carbocycles. The molecule has 0 saturated heterocycles. The quantitative estimate of drug-likeness (QED) is 0.662. The van der Waals surface area contributed by atoms with Crippen LogP contribution in [0.25, 0.3) is 10.9 Å². The van der Waals surface area contributed by atoms with Gasteiger partial charge in [-0.1, -0.05) is 42.5 Å². The van der Waals surface area contributed by atoms with Crippen LogP contribution in [0.2, 0.25) is 0 Å². The Balaban J connectivity index is 1.78. The zero-order valence-electron chi connectivity index (χ0n) is 12.0. The maximum absolute atomic E-state index is 3.71. The van der Waals surface area contributed by atoms with Gasteiger partial charge in [-0.2, -0.15) is 0 Å². The zero-order chi connectivity index (χ0) is 13.8. The highest BCUT2D eigenvalue weighted by atomic mass is 15.2. The highest BCUT2D eigenvalue weighted by Gasteiger charge is 2.34. The maximum atomic E-state index is 3.71. The van der Waals surface area contributed by atoms with Crippen molar-refractivity contribution in [1.29, 1.82) is 0 Å². The third-order valence-corrected chi connectivity index (χ3v) is 5.15. The molecule has 1 aromatic heterocycles. The van der Waals surface area contributed by atoms with E-state index in [-0.39, 0.29) is 0 Å². The van der Waals surface area contributed by atoms with Crippen molar-refractivity contribution >= 4 is 10.9 Å². The molecule has 3 aromatic rings. The molecular formula is C19H18N2. The molecular weight excluding hydrogens is 256 g/mol. The van der Waals surface area contributed by atoms with Crippen LogP contribution in [0.4, 0.5) is 0 Å². The topological polar surface area (TPSA) is 19.0 Å². The predicted molar refractivity (Wildman–Crippen MR) is 85.6 cm³/mol. The van der Waals surface area contributed by atoms with E-state index in [4.69, 9.17) is 0 Å². The molecule has 0 saturated carbocycles. The Bertz CT molecular complexity index is 830. The van der Waals surface area contributed by atoms with Crippen LogP contribution in [0.3, 0.4) is 0 Å². The van der Waals surface area contributed by atoms with Gasteiger partial charge in [-0.05, 0) is 35.6 Å². The molecule has 0 amide bonds. The molecule has 0 unspecified atom stereocenters. The molecule has 3 heterocycles. The van der Waals surface area contributed by atoms with Gasteiger partial charge in [-0.25, -0.2) is 0 Å². The second-order valence-corrected chi connectivity index (χ2v) is 6.20. The van der Waals surface area contributed by atoms with E-state index in [1.165, 1.54) is 52.8 Å². The summed E-state index contributed by atoms with van der Waals surface area (Å²) >= 11 is 0. The first-order chi connectivity index (χ1) is 10.4. The van der Waals surface area contributed by atoms with E-state index in [1.807, 2.05) is 0 Å². The Morgan fingerprint density at radius 1 is 0.905 bits per heavy atom. The van der Waals surface area contributed by atoms with Crippen LogP contribution in [0.1, 0.15) is 28.4 Å². The van der Waals surface area contributed by atoms with Crippen LogP contribution in [-0.2, 0) is 12.8 Å². The lowest BCUT2D eigenvalue weighted by molar-refractivity contribution is 0.199. The summed E-state index contributed by atoms with van der Waals surface area (Å²) in [6, 6.07) is 18.1. The number of aromatic amines is 1. The number of rotatable bonds is 0. The second-order valence-electron chi connectivity index (χ2n) is 6.20. The average molecular weight is 274 g/mol. The van der Waals surface area contributed by atoms with E-state index >= 15 is 0 Å². The van der Waals surface area contributed by atoms with Crippen molar-refractivity contribution in [3.05, 3.63) is 70.9 Å². The number of para-hydroxylation sites is 1. The van der Waals surface area contributed by atoms with Crippen molar-refractivity contribution < 1.29 is 0 Å². The van der Waals surface area contributed by atoms with Gasteiger partial charge in [0.15, 0.2) is 0 Å². The lowest BCUT2D eigenvalue weighted by Crippen LogP contribution is -2.40. The maximum Gasteiger partial charge on any atom is 0.0760 e. The molecule has 0 radical (unpaired) electrons. The van der Waals surface area contributed by atoms with Crippen LogP contribution >= 0.6 is 0 Å². The van der Waals surface area contributed by atoms with Crippen molar-refractivity contribution in [2.45, 2.75) is 18.9 Å². The van der Waals surface area contributed by atoms with Gasteiger partial charge >= 0.3 is 0 Å². The van der Waals surface area contributed by atoms with Crippen LogP contribution in [0, 0.1) is 0 Å². The minimum atomic E-state index is 0.422. The van der Waals surface area contributed by atoms with E-state index in [0.29, 0.717) is 6.04 Å². The van der Waals surface area contributed by atoms with Gasteiger partial charge in [-0.3, -0.25) is 4.90 Å². The lowest BCUT2D eigenvalue weighted by atomic mass is 9.86. The fourth-order valence-corrected chi connectivity index (χ4v) is 4.18. The minimum absolute atomic E-state index is 0.422. The van der Waals surface area contributed by atoms with E-state index in [1.54, 1.807) is 0 Å². The molecule has 104 valence electrons. The van der Waals surface area contributed by atoms with Crippen LogP contribution < -0.4 is 0 Å². The van der Waals surface area contributed by atoms with Crippen molar-refractivity contribution in [3.63, 3.8) is 0 Å². The summed E-state index contributed by atoms with van der Waals surface area (Å²) in [7, 11) is 0. The molecule has 2 aromatic carbocycles. The molecule has 5 rings (SSSR count). The largest absolute Gasteiger partial charge is 0.357 e. The number of aromatic nitrogens is 1. The van der Waals surface area contributed by atoms with Gasteiger partial charge in [-0.15, -0.1) is 0 Å². The third kappa shape index (κ3) is 1.57. The number of hydrogen-bond acceptors (Lipinski definition) is 1. The summed E-state index contributed by atoms with van der Waals surface area (Å²) in [5.41, 5.74) is 7.26. The summed E-state index contributed by atoms with van der Waals surface area (Å²) < 4.78 is 0. The molecule has 0 fully saturated rings. The van der Waals surface area contributed by atoms with E-state index in [0.717, 1.165) is 6.42 Å². The van der Waals surface area contributed by atoms with Crippen LogP contribution in [0.5, 0.6) is 0 Å². The molecule has 0 bridgehead atoms. The highest BCUT2D eigenvalue weighted by Crippen LogP contribution is 2.41. The Kier molecular flexibility index (Phi) is 2.33. The monoisotopic (exact) mass is 274 g/mol. The summed E-state index contributed by atoms with van der Waals surface area (Å²) in [6.45, 7) is 2.35. The minimum Gasteiger partial charge on any atom is -0.357 e. The van der Waals surface area contributed by atoms with Gasteiger partial charge in [0.05, 0.1) is 6.04 Å². The third-order valence-electron chi connectivity index (χ3n) is 5.15. The molecule has 2 nitrogen and oxygen atoms in total. The van der Waals surface area contributed by atoms with Crippen LogP contribution in [0.15, 0.2) is 48.5 Å².